The second-order valence-corrected chi connectivity index (χ2v) is 7.17. The van der Waals surface area contributed by atoms with E-state index in [0.717, 1.165) is 24.2 Å². The maximum absolute atomic E-state index is 12.4. The van der Waals surface area contributed by atoms with Gasteiger partial charge in [-0.3, -0.25) is 14.9 Å². The largest absolute Gasteiger partial charge is 0.494 e. The third-order valence-corrected chi connectivity index (χ3v) is 5.25. The predicted molar refractivity (Wildman–Crippen MR) is 111 cm³/mol. The van der Waals surface area contributed by atoms with Crippen LogP contribution < -0.4 is 14.8 Å². The van der Waals surface area contributed by atoms with Gasteiger partial charge in [0.15, 0.2) is 6.61 Å². The van der Waals surface area contributed by atoms with Gasteiger partial charge in [0.05, 0.1) is 17.6 Å². The summed E-state index contributed by atoms with van der Waals surface area (Å²) in [6.45, 7) is 4.07. The van der Waals surface area contributed by atoms with Gasteiger partial charge < -0.3 is 19.5 Å². The van der Waals surface area contributed by atoms with Crippen molar-refractivity contribution in [3.63, 3.8) is 0 Å². The minimum absolute atomic E-state index is 0.0791. The maximum atomic E-state index is 12.4. The molecule has 0 aliphatic carbocycles. The number of nitro groups is 1. The van der Waals surface area contributed by atoms with E-state index < -0.39 is 4.92 Å². The van der Waals surface area contributed by atoms with Crippen LogP contribution in [0.1, 0.15) is 25.3 Å². The fourth-order valence-electron chi connectivity index (χ4n) is 3.56. The fraction of sp³-hybridized carbons (Fsp3) is 0.409. The molecule has 3 rings (SSSR count). The van der Waals surface area contributed by atoms with Gasteiger partial charge in [-0.05, 0) is 43.5 Å². The average Bonchev–Trinajstić information content (AvgIpc) is 2.78. The topological polar surface area (TPSA) is 99.9 Å². The van der Waals surface area contributed by atoms with Crippen LogP contribution in [0.3, 0.4) is 0 Å². The van der Waals surface area contributed by atoms with Crippen molar-refractivity contribution >= 4 is 11.6 Å². The molecule has 1 amide bonds. The lowest BCUT2D eigenvalue weighted by Gasteiger charge is -2.38. The number of benzene rings is 2. The van der Waals surface area contributed by atoms with Crippen molar-refractivity contribution in [3.05, 3.63) is 64.2 Å². The molecule has 0 saturated carbocycles. The number of nitro benzene ring substituents is 1. The Labute approximate surface area is 175 Å². The molecular weight excluding hydrogens is 388 g/mol. The molecular formula is C22H26N2O6. The molecule has 1 saturated heterocycles. The highest BCUT2D eigenvalue weighted by molar-refractivity contribution is 5.77. The Hall–Kier alpha value is -3.13. The average molecular weight is 414 g/mol. The molecule has 1 heterocycles. The van der Waals surface area contributed by atoms with Crippen molar-refractivity contribution in [2.45, 2.75) is 25.2 Å². The van der Waals surface area contributed by atoms with E-state index in [1.165, 1.54) is 18.2 Å². The summed E-state index contributed by atoms with van der Waals surface area (Å²) in [6.07, 6.45) is 1.60. The molecule has 1 aliphatic heterocycles. The number of rotatable bonds is 9. The molecule has 0 unspecified atom stereocenters. The van der Waals surface area contributed by atoms with Crippen LogP contribution in [0.2, 0.25) is 0 Å². The highest BCUT2D eigenvalue weighted by Gasteiger charge is 2.35. The van der Waals surface area contributed by atoms with E-state index in [1.54, 1.807) is 6.07 Å². The number of non-ortho nitro benzene ring substituents is 1. The smallest absolute Gasteiger partial charge is 0.273 e. The zero-order chi connectivity index (χ0) is 21.4. The van der Waals surface area contributed by atoms with E-state index in [0.29, 0.717) is 26.4 Å². The third kappa shape index (κ3) is 5.48. The van der Waals surface area contributed by atoms with Crippen molar-refractivity contribution in [2.75, 3.05) is 33.0 Å². The van der Waals surface area contributed by atoms with Gasteiger partial charge in [-0.25, -0.2) is 0 Å². The molecule has 160 valence electrons. The van der Waals surface area contributed by atoms with Gasteiger partial charge in [-0.15, -0.1) is 0 Å². The molecule has 1 aliphatic rings. The van der Waals surface area contributed by atoms with Crippen LogP contribution in [0.5, 0.6) is 11.5 Å². The zero-order valence-corrected chi connectivity index (χ0v) is 17.0. The molecule has 2 aromatic carbocycles. The first kappa shape index (κ1) is 21.6. The van der Waals surface area contributed by atoms with E-state index in [1.807, 2.05) is 31.2 Å². The first-order chi connectivity index (χ1) is 14.5. The van der Waals surface area contributed by atoms with Gasteiger partial charge >= 0.3 is 0 Å². The SMILES string of the molecule is CCOc1ccc(C2(CNC(=O)COc3cccc([N+](=O)[O-])c3)CCOCC2)cc1. The molecule has 8 nitrogen and oxygen atoms in total. The molecule has 0 bridgehead atoms. The number of amides is 1. The number of ether oxygens (including phenoxy) is 3. The Morgan fingerprint density at radius 3 is 2.53 bits per heavy atom. The van der Waals surface area contributed by atoms with Gasteiger partial charge in [0.2, 0.25) is 0 Å². The van der Waals surface area contributed by atoms with Crippen LogP contribution in [0.4, 0.5) is 5.69 Å². The van der Waals surface area contributed by atoms with Crippen molar-refractivity contribution in [1.82, 2.24) is 5.32 Å². The van der Waals surface area contributed by atoms with Gasteiger partial charge in [0.1, 0.15) is 11.5 Å². The number of hydrogen-bond acceptors (Lipinski definition) is 6. The summed E-state index contributed by atoms with van der Waals surface area (Å²) in [4.78, 5) is 22.7. The Morgan fingerprint density at radius 2 is 1.87 bits per heavy atom. The summed E-state index contributed by atoms with van der Waals surface area (Å²) in [5.41, 5.74) is 0.836. The Kier molecular flexibility index (Phi) is 7.24. The van der Waals surface area contributed by atoms with E-state index in [9.17, 15) is 14.9 Å². The Bertz CT molecular complexity index is 862. The number of nitrogens with one attached hydrogen (secondary N) is 1. The minimum atomic E-state index is -0.501. The fourth-order valence-corrected chi connectivity index (χ4v) is 3.56. The predicted octanol–water partition coefficient (Wildman–Crippen LogP) is 3.24. The minimum Gasteiger partial charge on any atom is -0.494 e. The zero-order valence-electron chi connectivity index (χ0n) is 17.0. The third-order valence-electron chi connectivity index (χ3n) is 5.25. The van der Waals surface area contributed by atoms with Crippen LogP contribution >= 0.6 is 0 Å². The number of carbonyl (C=O) groups excluding carboxylic acids is 1. The Morgan fingerprint density at radius 1 is 1.13 bits per heavy atom. The van der Waals surface area contributed by atoms with E-state index in [4.69, 9.17) is 14.2 Å². The lowest BCUT2D eigenvalue weighted by molar-refractivity contribution is -0.384. The lowest BCUT2D eigenvalue weighted by atomic mass is 9.74. The van der Waals surface area contributed by atoms with E-state index >= 15 is 0 Å². The van der Waals surface area contributed by atoms with Crippen molar-refractivity contribution in [3.8, 4) is 11.5 Å². The standard InChI is InChI=1S/C22H26N2O6/c1-2-29-19-8-6-17(7-9-19)22(10-12-28-13-11-22)16-23-21(25)15-30-20-5-3-4-18(14-20)24(26)27/h3-9,14H,2,10-13,15-16H2,1H3,(H,23,25). The van der Waals surface area contributed by atoms with Gasteiger partial charge in [-0.2, -0.15) is 0 Å². The highest BCUT2D eigenvalue weighted by atomic mass is 16.6. The second kappa shape index (κ2) is 10.1. The molecule has 1 N–H and O–H groups in total. The molecule has 1 fully saturated rings. The summed E-state index contributed by atoms with van der Waals surface area (Å²) >= 11 is 0. The highest BCUT2D eigenvalue weighted by Crippen LogP contribution is 2.35. The summed E-state index contributed by atoms with van der Waals surface area (Å²) in [5, 5.41) is 13.8. The van der Waals surface area contributed by atoms with Crippen LogP contribution in [0.25, 0.3) is 0 Å². The summed E-state index contributed by atoms with van der Waals surface area (Å²) in [7, 11) is 0. The summed E-state index contributed by atoms with van der Waals surface area (Å²) in [6, 6.07) is 13.8. The summed E-state index contributed by atoms with van der Waals surface area (Å²) < 4.78 is 16.5. The van der Waals surface area contributed by atoms with Crippen molar-refractivity contribution in [2.24, 2.45) is 0 Å². The summed E-state index contributed by atoms with van der Waals surface area (Å²) in [5.74, 6) is 0.822. The number of nitrogens with zero attached hydrogens (tertiary/aromatic N) is 1. The molecule has 30 heavy (non-hydrogen) atoms. The van der Waals surface area contributed by atoms with E-state index in [-0.39, 0.29) is 29.4 Å². The number of hydrogen-bond donors (Lipinski definition) is 1. The maximum Gasteiger partial charge on any atom is 0.273 e. The number of carbonyl (C=O) groups is 1. The van der Waals surface area contributed by atoms with Gasteiger partial charge in [0.25, 0.3) is 11.6 Å². The van der Waals surface area contributed by atoms with Crippen LogP contribution in [-0.4, -0.2) is 43.8 Å². The molecule has 0 aromatic heterocycles. The monoisotopic (exact) mass is 414 g/mol. The first-order valence-electron chi connectivity index (χ1n) is 9.97. The van der Waals surface area contributed by atoms with Crippen molar-refractivity contribution < 1.29 is 23.9 Å². The van der Waals surface area contributed by atoms with Gasteiger partial charge in [-0.1, -0.05) is 18.2 Å². The first-order valence-corrected chi connectivity index (χ1v) is 9.97. The second-order valence-electron chi connectivity index (χ2n) is 7.17. The quantitative estimate of drug-likeness (QED) is 0.499. The molecule has 0 radical (unpaired) electrons. The van der Waals surface area contributed by atoms with E-state index in [2.05, 4.69) is 5.32 Å². The molecule has 8 heteroatoms. The van der Waals surface area contributed by atoms with Crippen molar-refractivity contribution in [1.29, 1.82) is 0 Å². The van der Waals surface area contributed by atoms with Crippen LogP contribution in [0, 0.1) is 10.1 Å². The van der Waals surface area contributed by atoms with Gasteiger partial charge in [0, 0.05) is 31.2 Å². The normalized spacial score (nSPS) is 15.2. The molecule has 0 atom stereocenters. The van der Waals surface area contributed by atoms with Crippen LogP contribution in [-0.2, 0) is 14.9 Å². The Balaban J connectivity index is 1.61. The van der Waals surface area contributed by atoms with Crippen LogP contribution in [0.15, 0.2) is 48.5 Å². The molecule has 2 aromatic rings. The lowest BCUT2D eigenvalue weighted by Crippen LogP contribution is -2.45. The molecule has 0 spiro atoms.